The number of aliphatic imine (C=N–C) groups is 2. The second-order valence-electron chi connectivity index (χ2n) is 23.5. The van der Waals surface area contributed by atoms with Crippen molar-refractivity contribution in [1.82, 2.24) is 0 Å². The molecule has 0 fully saturated rings. The summed E-state index contributed by atoms with van der Waals surface area (Å²) in [6, 6.07) is 20.3. The first kappa shape index (κ1) is 75.2. The standard InChI is InChI=1S/C67H110N2.C9H12O2.Ni/c1-5-9-13-15-17-19-21-23-25-27-29-31-33-35-37-39-41-43-45-48-50-62-54-58-64(59-55-62)68-66(52-12-8-4)67(53-47-11-7-3)69-65-60-56-63(57-61-65)51-49-46-44-42-40-38-36-34-32-30-28-26-24-22-20-18-16-14-10-6-2;1-3-7-4-6(2)9(11)8(10)5-7;/h54-61H,5-47,52-53H2,1-4H3;4-5,10-11H,3H2,1-2H3;/q;;+2/p-2. The van der Waals surface area contributed by atoms with E-state index < -0.39 is 0 Å². The van der Waals surface area contributed by atoms with E-state index in [1.54, 1.807) is 13.0 Å². The van der Waals surface area contributed by atoms with Crippen LogP contribution >= 0.6 is 0 Å². The summed E-state index contributed by atoms with van der Waals surface area (Å²) in [4.78, 5) is 10.5. The molecule has 0 spiro atoms. The fourth-order valence-corrected chi connectivity index (χ4v) is 10.5. The Bertz CT molecular complexity index is 2070. The molecule has 0 saturated carbocycles. The van der Waals surface area contributed by atoms with Crippen LogP contribution in [0.1, 0.15) is 346 Å². The van der Waals surface area contributed by atoms with Crippen molar-refractivity contribution in [1.29, 1.82) is 0 Å². The maximum absolute atomic E-state index is 10.9. The molecule has 0 bridgehead atoms. The third-order valence-corrected chi connectivity index (χ3v) is 15.9. The van der Waals surface area contributed by atoms with Crippen LogP contribution in [0.5, 0.6) is 11.5 Å². The molecule has 0 aliphatic rings. The predicted molar refractivity (Wildman–Crippen MR) is 351 cm³/mol. The zero-order chi connectivity index (χ0) is 57.6. The van der Waals surface area contributed by atoms with Crippen molar-refractivity contribution >= 4 is 22.8 Å². The summed E-state index contributed by atoms with van der Waals surface area (Å²) in [5, 5.41) is 21.8. The average Bonchev–Trinajstić information content (AvgIpc) is 3.48. The van der Waals surface area contributed by atoms with Gasteiger partial charge in [-0.15, -0.1) is 11.5 Å². The van der Waals surface area contributed by atoms with Crippen LogP contribution < -0.4 is 10.2 Å². The third-order valence-electron chi connectivity index (χ3n) is 15.9. The number of hydrogen-bond acceptors (Lipinski definition) is 4. The van der Waals surface area contributed by atoms with Gasteiger partial charge in [-0.3, -0.25) is 9.98 Å². The smallest absolute Gasteiger partial charge is 0.873 e. The maximum atomic E-state index is 10.9. The first-order valence-electron chi connectivity index (χ1n) is 34.2. The van der Waals surface area contributed by atoms with Crippen molar-refractivity contribution in [2.75, 3.05) is 0 Å². The van der Waals surface area contributed by atoms with Gasteiger partial charge in [-0.25, -0.2) is 0 Å². The van der Waals surface area contributed by atoms with E-state index >= 15 is 0 Å². The number of hydrogen-bond donors (Lipinski definition) is 0. The number of unbranched alkanes of at least 4 members (excludes halogenated alkanes) is 39. The topological polar surface area (TPSA) is 70.8 Å². The molecule has 0 atom stereocenters. The molecule has 0 saturated heterocycles. The van der Waals surface area contributed by atoms with Gasteiger partial charge in [-0.1, -0.05) is 314 Å². The van der Waals surface area contributed by atoms with E-state index in [2.05, 4.69) is 99.9 Å². The van der Waals surface area contributed by atoms with Crippen molar-refractivity contribution in [3.05, 3.63) is 82.9 Å². The maximum Gasteiger partial charge on any atom is 2.00 e. The number of rotatable bonds is 47. The van der Waals surface area contributed by atoms with Gasteiger partial charge >= 0.3 is 16.5 Å². The van der Waals surface area contributed by atoms with Gasteiger partial charge in [0.15, 0.2) is 0 Å². The molecule has 3 aromatic carbocycles. The Kier molecular flexibility index (Phi) is 51.5. The molecule has 4 nitrogen and oxygen atoms in total. The van der Waals surface area contributed by atoms with Crippen molar-refractivity contribution < 1.29 is 26.7 Å². The van der Waals surface area contributed by atoms with Crippen LogP contribution in [-0.4, -0.2) is 11.4 Å². The van der Waals surface area contributed by atoms with Crippen LogP contribution in [0, 0.1) is 30.6 Å². The van der Waals surface area contributed by atoms with Gasteiger partial charge in [0, 0.05) is 24.0 Å². The minimum atomic E-state index is -0.387. The molecule has 5 heteroatoms. The van der Waals surface area contributed by atoms with Gasteiger partial charge < -0.3 is 10.2 Å². The zero-order valence-electron chi connectivity index (χ0n) is 53.3. The molecule has 0 unspecified atom stereocenters. The zero-order valence-corrected chi connectivity index (χ0v) is 54.3. The Morgan fingerprint density at radius 1 is 0.358 bits per heavy atom. The molecule has 0 radical (unpaired) electrons. The molecular weight excluding hydrogens is 1030 g/mol. The minimum Gasteiger partial charge on any atom is -0.873 e. The molecule has 0 aliphatic carbocycles. The van der Waals surface area contributed by atoms with Gasteiger partial charge in [0.2, 0.25) is 0 Å². The van der Waals surface area contributed by atoms with E-state index in [4.69, 9.17) is 9.98 Å². The van der Waals surface area contributed by atoms with E-state index in [1.807, 2.05) is 6.92 Å². The Balaban J connectivity index is 0.00000243. The molecule has 3 aromatic rings. The minimum absolute atomic E-state index is 0. The SMILES string of the molecule is CCCCCCCCCCCCCCCCCCCCC#Cc1ccc(N=C(CCCC)C(CCCCC)=Nc2ccc(C#CCCCCCCCCCCCCCCCCCCCC)cc2)cc1.CCc1cc(C)c([O-])c([O-])c1.[Ni+2]. The summed E-state index contributed by atoms with van der Waals surface area (Å²) < 4.78 is 0. The second-order valence-corrected chi connectivity index (χ2v) is 23.5. The van der Waals surface area contributed by atoms with Gasteiger partial charge in [0.05, 0.1) is 22.8 Å². The number of nitrogens with zero attached hydrogens (tertiary/aromatic N) is 2. The number of benzene rings is 3. The van der Waals surface area contributed by atoms with E-state index in [0.29, 0.717) is 5.56 Å². The molecule has 0 N–H and O–H groups in total. The Morgan fingerprint density at radius 2 is 0.642 bits per heavy atom. The monoisotopic (exact) mass is 1150 g/mol. The van der Waals surface area contributed by atoms with Gasteiger partial charge in [0.25, 0.3) is 0 Å². The van der Waals surface area contributed by atoms with E-state index in [0.717, 1.165) is 90.9 Å². The quantitative estimate of drug-likeness (QED) is 0.0245. The van der Waals surface area contributed by atoms with Crippen LogP contribution in [0.2, 0.25) is 0 Å². The van der Waals surface area contributed by atoms with Gasteiger partial charge in [-0.05, 0) is 106 Å². The molecule has 81 heavy (non-hydrogen) atoms. The average molecular weight is 1150 g/mol. The molecule has 3 rings (SSSR count). The second kappa shape index (κ2) is 55.4. The fraction of sp³-hybridized carbons (Fsp3) is 0.684. The summed E-state index contributed by atoms with van der Waals surface area (Å²) in [7, 11) is 0. The summed E-state index contributed by atoms with van der Waals surface area (Å²) in [5.41, 5.74) is 7.93. The molecular formula is C76H120N2NiO2. The van der Waals surface area contributed by atoms with Crippen LogP contribution in [0.15, 0.2) is 70.6 Å². The van der Waals surface area contributed by atoms with Crippen molar-refractivity contribution in [3.8, 4) is 35.2 Å². The van der Waals surface area contributed by atoms with Crippen LogP contribution in [0.25, 0.3) is 0 Å². The Morgan fingerprint density at radius 3 is 0.938 bits per heavy atom. The van der Waals surface area contributed by atoms with E-state index in [-0.39, 0.29) is 28.0 Å². The number of aryl methyl sites for hydroxylation is 2. The van der Waals surface area contributed by atoms with E-state index in [9.17, 15) is 10.2 Å². The Hall–Kier alpha value is -3.79. The third kappa shape index (κ3) is 42.6. The van der Waals surface area contributed by atoms with Crippen molar-refractivity contribution in [3.63, 3.8) is 0 Å². The van der Waals surface area contributed by atoms with Crippen molar-refractivity contribution in [2.24, 2.45) is 9.98 Å². The molecule has 0 amide bonds. The first-order chi connectivity index (χ1) is 39.3. The normalized spacial score (nSPS) is 11.3. The van der Waals surface area contributed by atoms with E-state index in [1.165, 1.54) is 250 Å². The first-order valence-corrected chi connectivity index (χ1v) is 34.2. The Labute approximate surface area is 511 Å². The van der Waals surface area contributed by atoms with Crippen LogP contribution in [-0.2, 0) is 22.9 Å². The molecule has 0 aromatic heterocycles. The van der Waals surface area contributed by atoms with Crippen LogP contribution in [0.4, 0.5) is 11.4 Å². The van der Waals surface area contributed by atoms with Crippen LogP contribution in [0.3, 0.4) is 0 Å². The molecule has 456 valence electrons. The molecule has 0 heterocycles. The van der Waals surface area contributed by atoms with Gasteiger partial charge in [-0.2, -0.15) is 0 Å². The van der Waals surface area contributed by atoms with Crippen molar-refractivity contribution in [2.45, 2.75) is 337 Å². The summed E-state index contributed by atoms with van der Waals surface area (Å²) >= 11 is 0. The fourth-order valence-electron chi connectivity index (χ4n) is 10.5. The molecule has 0 aliphatic heterocycles. The summed E-state index contributed by atoms with van der Waals surface area (Å²) in [6.45, 7) is 12.8. The largest absolute Gasteiger partial charge is 2.00 e. The summed E-state index contributed by atoms with van der Waals surface area (Å²) in [5.74, 6) is 13.0. The van der Waals surface area contributed by atoms with Gasteiger partial charge in [0.1, 0.15) is 0 Å². The predicted octanol–water partition coefficient (Wildman–Crippen LogP) is 23.6. The summed E-state index contributed by atoms with van der Waals surface area (Å²) in [6.07, 6.45) is 61.3.